The van der Waals surface area contributed by atoms with Crippen LogP contribution in [0.15, 0.2) is 48.3 Å². The van der Waals surface area contributed by atoms with Crippen molar-refractivity contribution in [2.75, 3.05) is 18.4 Å². The summed E-state index contributed by atoms with van der Waals surface area (Å²) in [7, 11) is 0. The van der Waals surface area contributed by atoms with Gasteiger partial charge in [0, 0.05) is 30.5 Å². The van der Waals surface area contributed by atoms with Gasteiger partial charge in [-0.3, -0.25) is 24.1 Å². The Bertz CT molecular complexity index is 945. The molecule has 0 bridgehead atoms. The topological polar surface area (TPSA) is 171 Å². The van der Waals surface area contributed by atoms with Crippen molar-refractivity contribution < 1.29 is 24.3 Å². The summed E-state index contributed by atoms with van der Waals surface area (Å²) in [5.74, 6) is 5.03. The molecule has 204 valence electrons. The van der Waals surface area contributed by atoms with Crippen molar-refractivity contribution in [3.8, 4) is 0 Å². The van der Waals surface area contributed by atoms with Crippen LogP contribution in [-0.2, 0) is 25.8 Å². The Labute approximate surface area is 218 Å². The Morgan fingerprint density at radius 3 is 2.32 bits per heavy atom. The highest BCUT2D eigenvalue weighted by molar-refractivity contribution is 5.94. The summed E-state index contributed by atoms with van der Waals surface area (Å²) in [5, 5.41) is 15.9. The second-order valence-corrected chi connectivity index (χ2v) is 8.94. The third kappa shape index (κ3) is 12.2. The number of hydrazine groups is 1. The molecule has 4 amide bonds. The van der Waals surface area contributed by atoms with E-state index in [-0.39, 0.29) is 43.2 Å². The van der Waals surface area contributed by atoms with Gasteiger partial charge in [0.05, 0.1) is 12.6 Å². The predicted molar refractivity (Wildman–Crippen MR) is 142 cm³/mol. The number of amides is 4. The van der Waals surface area contributed by atoms with Crippen LogP contribution in [0.4, 0.5) is 5.69 Å². The Kier molecular flexibility index (Phi) is 14.3. The number of anilines is 1. The molecule has 11 heteroatoms. The van der Waals surface area contributed by atoms with Crippen molar-refractivity contribution >= 4 is 29.8 Å². The van der Waals surface area contributed by atoms with Crippen molar-refractivity contribution in [1.29, 1.82) is 0 Å². The van der Waals surface area contributed by atoms with Crippen LogP contribution in [0.1, 0.15) is 52.0 Å². The van der Waals surface area contributed by atoms with Gasteiger partial charge in [-0.05, 0) is 49.5 Å². The second kappa shape index (κ2) is 16.9. The summed E-state index contributed by atoms with van der Waals surface area (Å²) >= 11 is 0. The molecule has 0 saturated carbocycles. The minimum absolute atomic E-state index is 0.0220. The maximum absolute atomic E-state index is 12.5. The zero-order chi connectivity index (χ0) is 27.8. The zero-order valence-corrected chi connectivity index (χ0v) is 21.9. The number of hydrogen-bond donors (Lipinski definition) is 5. The van der Waals surface area contributed by atoms with Crippen LogP contribution in [0.5, 0.6) is 0 Å². The first kappa shape index (κ1) is 31.3. The molecule has 1 atom stereocenters. The molecular weight excluding hydrogens is 476 g/mol. The van der Waals surface area contributed by atoms with E-state index < -0.39 is 6.04 Å². The summed E-state index contributed by atoms with van der Waals surface area (Å²) in [6.45, 7) is 5.58. The SMILES string of the molecule is C/C=C\C(=O)N(C=O)CCCCCC(=O)NC(/C(N)=C/N(N)CC(=O)Nc1ccc(CO)cc1)C(C)C. The number of hydrogen-bond acceptors (Lipinski definition) is 8. The van der Waals surface area contributed by atoms with E-state index in [4.69, 9.17) is 16.7 Å². The zero-order valence-electron chi connectivity index (χ0n) is 21.9. The van der Waals surface area contributed by atoms with Gasteiger partial charge in [0.25, 0.3) is 5.91 Å². The molecule has 0 aliphatic rings. The minimum Gasteiger partial charge on any atom is -0.399 e. The Morgan fingerprint density at radius 2 is 1.76 bits per heavy atom. The molecule has 37 heavy (non-hydrogen) atoms. The number of aliphatic hydroxyl groups is 1. The van der Waals surface area contributed by atoms with E-state index in [0.29, 0.717) is 43.6 Å². The molecule has 0 fully saturated rings. The lowest BCUT2D eigenvalue weighted by Crippen LogP contribution is -2.44. The highest BCUT2D eigenvalue weighted by Gasteiger charge is 2.20. The van der Waals surface area contributed by atoms with E-state index in [9.17, 15) is 19.2 Å². The monoisotopic (exact) mass is 516 g/mol. The highest BCUT2D eigenvalue weighted by Crippen LogP contribution is 2.11. The molecule has 7 N–H and O–H groups in total. The maximum atomic E-state index is 12.5. The quantitative estimate of drug-likeness (QED) is 0.0720. The molecule has 1 unspecified atom stereocenters. The molecule has 0 aliphatic carbocycles. The summed E-state index contributed by atoms with van der Waals surface area (Å²) in [6, 6.07) is 6.29. The van der Waals surface area contributed by atoms with Crippen molar-refractivity contribution in [2.24, 2.45) is 17.5 Å². The average Bonchev–Trinajstić information content (AvgIpc) is 2.84. The summed E-state index contributed by atoms with van der Waals surface area (Å²) in [5.41, 5.74) is 7.82. The largest absolute Gasteiger partial charge is 0.399 e. The van der Waals surface area contributed by atoms with E-state index in [1.165, 1.54) is 12.3 Å². The van der Waals surface area contributed by atoms with Gasteiger partial charge in [0.1, 0.15) is 6.54 Å². The first-order chi connectivity index (χ1) is 17.6. The molecule has 11 nitrogen and oxygen atoms in total. The Balaban J connectivity index is 2.52. The summed E-state index contributed by atoms with van der Waals surface area (Å²) in [4.78, 5) is 48.6. The highest BCUT2D eigenvalue weighted by atomic mass is 16.3. The number of allylic oxidation sites excluding steroid dienone is 1. The molecule has 0 saturated heterocycles. The van der Waals surface area contributed by atoms with Crippen molar-refractivity contribution in [3.05, 3.63) is 53.9 Å². The molecule has 0 heterocycles. The number of nitrogens with two attached hydrogens (primary N) is 2. The molecule has 0 radical (unpaired) electrons. The number of unbranched alkanes of at least 4 members (excludes halogenated alkanes) is 2. The predicted octanol–water partition coefficient (Wildman–Crippen LogP) is 1.36. The number of nitrogens with zero attached hydrogens (tertiary/aromatic N) is 2. The Hall–Kier alpha value is -3.70. The van der Waals surface area contributed by atoms with Crippen LogP contribution in [0, 0.1) is 5.92 Å². The minimum atomic E-state index is -0.475. The molecule has 1 aromatic carbocycles. The van der Waals surface area contributed by atoms with E-state index in [2.05, 4.69) is 10.6 Å². The van der Waals surface area contributed by atoms with E-state index in [1.807, 2.05) is 13.8 Å². The lowest BCUT2D eigenvalue weighted by Gasteiger charge is -2.25. The standard InChI is InChI=1S/C26H40N6O5/c1-4-8-25(37)31(18-34)14-7-5-6-9-23(35)30-26(19(2)3)22(27)15-32(28)16-24(36)29-21-12-10-20(17-33)11-13-21/h4,8,10-13,15,18-19,26,33H,5-7,9,14,16-17,27-28H2,1-3H3,(H,29,36)(H,30,35)/b8-4-,22-15-. The lowest BCUT2D eigenvalue weighted by atomic mass is 10.0. The molecule has 0 aromatic heterocycles. The third-order valence-corrected chi connectivity index (χ3v) is 5.43. The fourth-order valence-electron chi connectivity index (χ4n) is 3.46. The number of imide groups is 1. The first-order valence-corrected chi connectivity index (χ1v) is 12.3. The van der Waals surface area contributed by atoms with E-state index >= 15 is 0 Å². The van der Waals surface area contributed by atoms with Crippen LogP contribution in [-0.4, -0.2) is 58.3 Å². The molecule has 0 aliphatic heterocycles. The lowest BCUT2D eigenvalue weighted by molar-refractivity contribution is -0.134. The first-order valence-electron chi connectivity index (χ1n) is 12.3. The molecule has 1 rings (SSSR count). The van der Waals surface area contributed by atoms with E-state index in [0.717, 1.165) is 15.5 Å². The molecular formula is C26H40N6O5. The van der Waals surface area contributed by atoms with Crippen LogP contribution in [0.25, 0.3) is 0 Å². The van der Waals surface area contributed by atoms with Gasteiger partial charge in [-0.2, -0.15) is 0 Å². The van der Waals surface area contributed by atoms with Gasteiger partial charge < -0.3 is 26.5 Å². The smallest absolute Gasteiger partial charge is 0.252 e. The molecule has 1 aromatic rings. The van der Waals surface area contributed by atoms with Gasteiger partial charge in [-0.1, -0.05) is 38.5 Å². The number of aliphatic hydroxyl groups excluding tert-OH is 1. The van der Waals surface area contributed by atoms with Crippen molar-refractivity contribution in [2.45, 2.75) is 59.1 Å². The van der Waals surface area contributed by atoms with Gasteiger partial charge in [-0.25, -0.2) is 5.84 Å². The number of benzene rings is 1. The Morgan fingerprint density at radius 1 is 1.08 bits per heavy atom. The van der Waals surface area contributed by atoms with Gasteiger partial charge in [0.2, 0.25) is 18.2 Å². The third-order valence-electron chi connectivity index (χ3n) is 5.43. The van der Waals surface area contributed by atoms with Crippen LogP contribution >= 0.6 is 0 Å². The van der Waals surface area contributed by atoms with Gasteiger partial charge in [0.15, 0.2) is 0 Å². The van der Waals surface area contributed by atoms with Crippen LogP contribution in [0.3, 0.4) is 0 Å². The van der Waals surface area contributed by atoms with Crippen LogP contribution in [0.2, 0.25) is 0 Å². The van der Waals surface area contributed by atoms with Crippen LogP contribution < -0.4 is 22.2 Å². The number of carbonyl (C=O) groups excluding carboxylic acids is 4. The fraction of sp³-hybridized carbons (Fsp3) is 0.462. The molecule has 0 spiro atoms. The van der Waals surface area contributed by atoms with E-state index in [1.54, 1.807) is 37.3 Å². The average molecular weight is 517 g/mol. The van der Waals surface area contributed by atoms with Crippen molar-refractivity contribution in [1.82, 2.24) is 15.2 Å². The van der Waals surface area contributed by atoms with Gasteiger partial charge in [-0.15, -0.1) is 0 Å². The second-order valence-electron chi connectivity index (χ2n) is 8.94. The normalized spacial score (nSPS) is 12.3. The van der Waals surface area contributed by atoms with Crippen molar-refractivity contribution in [3.63, 3.8) is 0 Å². The number of rotatable bonds is 16. The number of carbonyl (C=O) groups is 4. The number of nitrogens with one attached hydrogen (secondary N) is 2. The van der Waals surface area contributed by atoms with Gasteiger partial charge >= 0.3 is 0 Å². The summed E-state index contributed by atoms with van der Waals surface area (Å²) < 4.78 is 0. The summed E-state index contributed by atoms with van der Waals surface area (Å²) in [6.07, 6.45) is 6.97. The fourth-order valence-corrected chi connectivity index (χ4v) is 3.46. The maximum Gasteiger partial charge on any atom is 0.252 e.